The molecule has 2 rings (SSSR count). The Morgan fingerprint density at radius 1 is 1.19 bits per heavy atom. The summed E-state index contributed by atoms with van der Waals surface area (Å²) in [5.41, 5.74) is 0. The van der Waals surface area contributed by atoms with Crippen LogP contribution in [-0.2, 0) is 0 Å². The van der Waals surface area contributed by atoms with Gasteiger partial charge >= 0.3 is 0 Å². The van der Waals surface area contributed by atoms with E-state index in [-0.39, 0.29) is 0 Å². The van der Waals surface area contributed by atoms with Crippen LogP contribution in [0.5, 0.6) is 11.6 Å². The molecule has 0 N–H and O–H groups in total. The number of pyridine rings is 1. The highest BCUT2D eigenvalue weighted by atomic mass is 79.9. The van der Waals surface area contributed by atoms with E-state index in [9.17, 15) is 0 Å². The summed E-state index contributed by atoms with van der Waals surface area (Å²) < 4.78 is 6.49. The molecular weight excluding hydrogens is 286 g/mol. The maximum atomic E-state index is 5.64. The van der Waals surface area contributed by atoms with Crippen molar-refractivity contribution in [2.45, 2.75) is 4.90 Å². The van der Waals surface area contributed by atoms with Crippen LogP contribution in [0.1, 0.15) is 0 Å². The van der Waals surface area contributed by atoms with E-state index in [1.165, 1.54) is 4.90 Å². The van der Waals surface area contributed by atoms with E-state index in [0.29, 0.717) is 5.88 Å². The molecule has 0 amide bonds. The quantitative estimate of drug-likeness (QED) is 0.786. The average molecular weight is 296 g/mol. The average Bonchev–Trinajstić information content (AvgIpc) is 2.33. The van der Waals surface area contributed by atoms with Crippen LogP contribution >= 0.6 is 27.7 Å². The fraction of sp³-hybridized carbons (Fsp3) is 0.0833. The molecule has 0 saturated carbocycles. The van der Waals surface area contributed by atoms with Gasteiger partial charge in [-0.05, 0) is 58.6 Å². The summed E-state index contributed by atoms with van der Waals surface area (Å²) in [5, 5.41) is 0. The molecule has 0 unspecified atom stereocenters. The lowest BCUT2D eigenvalue weighted by Crippen LogP contribution is -1.88. The molecule has 0 saturated heterocycles. The number of halogens is 1. The van der Waals surface area contributed by atoms with Crippen LogP contribution in [0.3, 0.4) is 0 Å². The maximum absolute atomic E-state index is 5.64. The van der Waals surface area contributed by atoms with Crippen molar-refractivity contribution in [2.24, 2.45) is 0 Å². The van der Waals surface area contributed by atoms with Gasteiger partial charge in [0.05, 0.1) is 4.47 Å². The number of ether oxygens (including phenoxy) is 1. The summed E-state index contributed by atoms with van der Waals surface area (Å²) in [6.45, 7) is 0. The predicted octanol–water partition coefficient (Wildman–Crippen LogP) is 4.36. The second kappa shape index (κ2) is 5.37. The van der Waals surface area contributed by atoms with Crippen LogP contribution in [0, 0.1) is 0 Å². The van der Waals surface area contributed by atoms with E-state index in [1.807, 2.05) is 42.7 Å². The third-order valence-electron chi connectivity index (χ3n) is 2.00. The summed E-state index contributed by atoms with van der Waals surface area (Å²) in [7, 11) is 0. The van der Waals surface area contributed by atoms with Crippen LogP contribution in [0.15, 0.2) is 52.0 Å². The Morgan fingerprint density at radius 3 is 2.56 bits per heavy atom. The van der Waals surface area contributed by atoms with Gasteiger partial charge in [0.2, 0.25) is 5.88 Å². The lowest BCUT2D eigenvalue weighted by atomic mass is 10.3. The van der Waals surface area contributed by atoms with Crippen LogP contribution in [-0.4, -0.2) is 11.2 Å². The molecule has 0 radical (unpaired) electrons. The minimum Gasteiger partial charge on any atom is -0.438 e. The van der Waals surface area contributed by atoms with Gasteiger partial charge in [-0.25, -0.2) is 4.98 Å². The predicted molar refractivity (Wildman–Crippen MR) is 70.2 cm³/mol. The first-order valence-electron chi connectivity index (χ1n) is 4.72. The summed E-state index contributed by atoms with van der Waals surface area (Å²) in [6, 6.07) is 11.7. The van der Waals surface area contributed by atoms with Crippen LogP contribution < -0.4 is 4.74 Å². The van der Waals surface area contributed by atoms with E-state index < -0.39 is 0 Å². The summed E-state index contributed by atoms with van der Waals surface area (Å²) in [5.74, 6) is 1.37. The van der Waals surface area contributed by atoms with Crippen molar-refractivity contribution in [3.05, 3.63) is 47.1 Å². The fourth-order valence-corrected chi connectivity index (χ4v) is 1.95. The fourth-order valence-electron chi connectivity index (χ4n) is 1.20. The summed E-state index contributed by atoms with van der Waals surface area (Å²) >= 11 is 5.10. The number of thioether (sulfide) groups is 1. The van der Waals surface area contributed by atoms with Crippen molar-refractivity contribution >= 4 is 27.7 Å². The van der Waals surface area contributed by atoms with Gasteiger partial charge in [-0.3, -0.25) is 0 Å². The van der Waals surface area contributed by atoms with Gasteiger partial charge in [-0.2, -0.15) is 0 Å². The van der Waals surface area contributed by atoms with Crippen molar-refractivity contribution in [1.29, 1.82) is 0 Å². The van der Waals surface area contributed by atoms with Crippen molar-refractivity contribution < 1.29 is 4.74 Å². The van der Waals surface area contributed by atoms with Crippen LogP contribution in [0.4, 0.5) is 0 Å². The third kappa shape index (κ3) is 2.77. The molecule has 0 spiro atoms. The molecule has 2 nitrogen and oxygen atoms in total. The van der Waals surface area contributed by atoms with Crippen molar-refractivity contribution in [3.63, 3.8) is 0 Å². The summed E-state index contributed by atoms with van der Waals surface area (Å²) in [6.07, 6.45) is 3.75. The molecule has 1 aromatic carbocycles. The molecule has 1 aromatic heterocycles. The Hall–Kier alpha value is -1.000. The van der Waals surface area contributed by atoms with E-state index in [1.54, 1.807) is 18.0 Å². The molecule has 0 fully saturated rings. The number of hydrogen-bond donors (Lipinski definition) is 0. The first-order valence-corrected chi connectivity index (χ1v) is 6.74. The zero-order valence-electron chi connectivity index (χ0n) is 8.68. The second-order valence-electron chi connectivity index (χ2n) is 3.07. The van der Waals surface area contributed by atoms with E-state index in [0.717, 1.165) is 10.2 Å². The Kier molecular flexibility index (Phi) is 3.85. The highest BCUT2D eigenvalue weighted by Crippen LogP contribution is 2.27. The Bertz CT molecular complexity index is 473. The van der Waals surface area contributed by atoms with Gasteiger partial charge in [0.25, 0.3) is 0 Å². The summed E-state index contributed by atoms with van der Waals surface area (Å²) in [4.78, 5) is 5.36. The number of hydrogen-bond acceptors (Lipinski definition) is 3. The van der Waals surface area contributed by atoms with E-state index >= 15 is 0 Å². The SMILES string of the molecule is CSc1ccc(Oc2ncccc2Br)cc1. The topological polar surface area (TPSA) is 22.1 Å². The number of nitrogens with zero attached hydrogens (tertiary/aromatic N) is 1. The molecule has 0 aliphatic rings. The lowest BCUT2D eigenvalue weighted by molar-refractivity contribution is 0.459. The van der Waals surface area contributed by atoms with Crippen molar-refractivity contribution in [3.8, 4) is 11.6 Å². The number of rotatable bonds is 3. The highest BCUT2D eigenvalue weighted by Gasteiger charge is 2.02. The van der Waals surface area contributed by atoms with E-state index in [4.69, 9.17) is 4.74 Å². The molecule has 1 heterocycles. The maximum Gasteiger partial charge on any atom is 0.233 e. The lowest BCUT2D eigenvalue weighted by Gasteiger charge is -2.06. The molecule has 0 atom stereocenters. The number of aromatic nitrogens is 1. The highest BCUT2D eigenvalue weighted by molar-refractivity contribution is 9.10. The standard InChI is InChI=1S/C12H10BrNOS/c1-16-10-6-4-9(5-7-10)15-12-11(13)3-2-8-14-12/h2-8H,1H3. The monoisotopic (exact) mass is 295 g/mol. The van der Waals surface area contributed by atoms with Gasteiger partial charge in [-0.15, -0.1) is 11.8 Å². The Labute approximate surface area is 107 Å². The smallest absolute Gasteiger partial charge is 0.233 e. The Morgan fingerprint density at radius 2 is 1.94 bits per heavy atom. The van der Waals surface area contributed by atoms with Crippen molar-refractivity contribution in [1.82, 2.24) is 4.98 Å². The van der Waals surface area contributed by atoms with Crippen molar-refractivity contribution in [2.75, 3.05) is 6.26 Å². The minimum atomic E-state index is 0.583. The van der Waals surface area contributed by atoms with Gasteiger partial charge in [0.1, 0.15) is 5.75 Å². The van der Waals surface area contributed by atoms with Gasteiger partial charge in [-0.1, -0.05) is 0 Å². The van der Waals surface area contributed by atoms with Crippen LogP contribution in [0.2, 0.25) is 0 Å². The molecular formula is C12H10BrNOS. The largest absolute Gasteiger partial charge is 0.438 e. The first-order chi connectivity index (χ1) is 7.79. The molecule has 0 aliphatic carbocycles. The normalized spacial score (nSPS) is 10.1. The zero-order valence-corrected chi connectivity index (χ0v) is 11.1. The van der Waals surface area contributed by atoms with Gasteiger partial charge in [0.15, 0.2) is 0 Å². The van der Waals surface area contributed by atoms with Gasteiger partial charge < -0.3 is 4.74 Å². The molecule has 4 heteroatoms. The molecule has 2 aromatic rings. The van der Waals surface area contributed by atoms with Gasteiger partial charge in [0, 0.05) is 11.1 Å². The molecule has 0 bridgehead atoms. The second-order valence-corrected chi connectivity index (χ2v) is 4.80. The third-order valence-corrected chi connectivity index (χ3v) is 3.35. The minimum absolute atomic E-state index is 0.583. The Balaban J connectivity index is 2.18. The molecule has 0 aliphatic heterocycles. The number of benzene rings is 1. The zero-order chi connectivity index (χ0) is 11.4. The molecule has 16 heavy (non-hydrogen) atoms. The van der Waals surface area contributed by atoms with Crippen LogP contribution in [0.25, 0.3) is 0 Å². The molecule has 82 valence electrons. The van der Waals surface area contributed by atoms with E-state index in [2.05, 4.69) is 20.9 Å². The first kappa shape index (κ1) is 11.5.